The van der Waals surface area contributed by atoms with Crippen LogP contribution in [0.25, 0.3) is 0 Å². The Kier molecular flexibility index (Phi) is 3.61. The Morgan fingerprint density at radius 3 is 2.89 bits per heavy atom. The van der Waals surface area contributed by atoms with Crippen molar-refractivity contribution in [3.8, 4) is 5.75 Å². The Morgan fingerprint density at radius 2 is 2.21 bits per heavy atom. The third-order valence-corrected chi connectivity index (χ3v) is 4.87. The first-order chi connectivity index (χ1) is 9.12. The Bertz CT molecular complexity index is 472. The number of ether oxygens (including phenoxy) is 1. The van der Waals surface area contributed by atoms with E-state index in [4.69, 9.17) is 4.74 Å². The smallest absolute Gasteiger partial charge is 0.125 e. The Hall–Kier alpha value is -0.540. The first-order valence-electron chi connectivity index (χ1n) is 7.34. The molecule has 2 aliphatic rings. The molecule has 19 heavy (non-hydrogen) atoms. The van der Waals surface area contributed by atoms with E-state index in [0.717, 1.165) is 29.1 Å². The van der Waals surface area contributed by atoms with E-state index >= 15 is 0 Å². The Balaban J connectivity index is 1.91. The van der Waals surface area contributed by atoms with Crippen molar-refractivity contribution < 1.29 is 4.74 Å². The molecule has 0 spiro atoms. The van der Waals surface area contributed by atoms with Gasteiger partial charge in [0.25, 0.3) is 0 Å². The van der Waals surface area contributed by atoms with Crippen molar-refractivity contribution in [3.63, 3.8) is 0 Å². The molecule has 1 aromatic carbocycles. The second-order valence-electron chi connectivity index (χ2n) is 6.08. The van der Waals surface area contributed by atoms with E-state index in [0.29, 0.717) is 6.04 Å². The van der Waals surface area contributed by atoms with Gasteiger partial charge < -0.3 is 10.1 Å². The molecule has 2 atom stereocenters. The molecule has 3 heteroatoms. The van der Waals surface area contributed by atoms with Crippen molar-refractivity contribution in [3.05, 3.63) is 28.2 Å². The summed E-state index contributed by atoms with van der Waals surface area (Å²) in [5.41, 5.74) is 1.33. The molecule has 1 aromatic rings. The fraction of sp³-hybridized carbons (Fsp3) is 0.625. The van der Waals surface area contributed by atoms with Gasteiger partial charge in [0, 0.05) is 22.5 Å². The molecule has 2 unspecified atom stereocenters. The van der Waals surface area contributed by atoms with Crippen molar-refractivity contribution in [1.29, 1.82) is 0 Å². The van der Waals surface area contributed by atoms with Gasteiger partial charge in [-0.05, 0) is 56.8 Å². The van der Waals surface area contributed by atoms with E-state index in [2.05, 4.69) is 53.3 Å². The van der Waals surface area contributed by atoms with Crippen molar-refractivity contribution in [2.24, 2.45) is 5.92 Å². The van der Waals surface area contributed by atoms with Gasteiger partial charge in [0.15, 0.2) is 0 Å². The third-order valence-electron chi connectivity index (χ3n) is 4.38. The van der Waals surface area contributed by atoms with Gasteiger partial charge in [-0.25, -0.2) is 0 Å². The van der Waals surface area contributed by atoms with Gasteiger partial charge in [0.1, 0.15) is 11.4 Å². The van der Waals surface area contributed by atoms with Crippen molar-refractivity contribution in [1.82, 2.24) is 5.32 Å². The second kappa shape index (κ2) is 5.10. The summed E-state index contributed by atoms with van der Waals surface area (Å²) in [6.07, 6.45) is 4.90. The second-order valence-corrected chi connectivity index (χ2v) is 7.00. The molecule has 1 aliphatic carbocycles. The molecule has 1 aliphatic heterocycles. The van der Waals surface area contributed by atoms with Crippen LogP contribution in [0.5, 0.6) is 5.75 Å². The first-order valence-corrected chi connectivity index (χ1v) is 8.13. The van der Waals surface area contributed by atoms with Crippen LogP contribution in [0.15, 0.2) is 22.7 Å². The maximum Gasteiger partial charge on any atom is 0.125 e. The molecule has 1 fully saturated rings. The summed E-state index contributed by atoms with van der Waals surface area (Å²) < 4.78 is 7.48. The number of hydrogen-bond acceptors (Lipinski definition) is 2. The Labute approximate surface area is 124 Å². The molecule has 1 heterocycles. The van der Waals surface area contributed by atoms with Crippen LogP contribution in [0.4, 0.5) is 0 Å². The van der Waals surface area contributed by atoms with Gasteiger partial charge in [-0.15, -0.1) is 0 Å². The monoisotopic (exact) mass is 323 g/mol. The summed E-state index contributed by atoms with van der Waals surface area (Å²) in [6, 6.07) is 6.82. The maximum atomic E-state index is 6.35. The maximum absolute atomic E-state index is 6.35. The van der Waals surface area contributed by atoms with Crippen LogP contribution >= 0.6 is 15.9 Å². The SMILES string of the molecule is CCCNC1CC(C)(C2CC2)Oc2ccc(Br)cc21. The molecule has 1 N–H and O–H groups in total. The molecule has 0 amide bonds. The van der Waals surface area contributed by atoms with Crippen LogP contribution < -0.4 is 10.1 Å². The molecule has 3 rings (SSSR count). The fourth-order valence-electron chi connectivity index (χ4n) is 3.14. The van der Waals surface area contributed by atoms with Crippen LogP contribution in [0, 0.1) is 5.92 Å². The first kappa shape index (κ1) is 13.4. The molecule has 104 valence electrons. The van der Waals surface area contributed by atoms with Crippen molar-refractivity contribution in [2.45, 2.75) is 51.2 Å². The van der Waals surface area contributed by atoms with Gasteiger partial charge in [0.05, 0.1) is 0 Å². The van der Waals surface area contributed by atoms with Crippen LogP contribution in [0.2, 0.25) is 0 Å². The van der Waals surface area contributed by atoms with E-state index in [1.165, 1.54) is 24.8 Å². The highest BCUT2D eigenvalue weighted by Gasteiger charge is 2.47. The van der Waals surface area contributed by atoms with E-state index < -0.39 is 0 Å². The van der Waals surface area contributed by atoms with Gasteiger partial charge in [-0.2, -0.15) is 0 Å². The predicted molar refractivity (Wildman–Crippen MR) is 81.6 cm³/mol. The molecular weight excluding hydrogens is 302 g/mol. The minimum Gasteiger partial charge on any atom is -0.487 e. The van der Waals surface area contributed by atoms with E-state index in [1.807, 2.05) is 0 Å². The number of halogens is 1. The number of rotatable bonds is 4. The molecule has 0 aromatic heterocycles. The average Bonchev–Trinajstić information content (AvgIpc) is 3.21. The van der Waals surface area contributed by atoms with Crippen molar-refractivity contribution >= 4 is 15.9 Å². The highest BCUT2D eigenvalue weighted by atomic mass is 79.9. The van der Waals surface area contributed by atoms with Crippen LogP contribution in [0.1, 0.15) is 51.1 Å². The summed E-state index contributed by atoms with van der Waals surface area (Å²) in [5.74, 6) is 1.81. The quantitative estimate of drug-likeness (QED) is 0.884. The van der Waals surface area contributed by atoms with Gasteiger partial charge >= 0.3 is 0 Å². The summed E-state index contributed by atoms with van der Waals surface area (Å²) in [5, 5.41) is 3.69. The highest BCUT2D eigenvalue weighted by Crippen LogP contribution is 2.50. The fourth-order valence-corrected chi connectivity index (χ4v) is 3.52. The third kappa shape index (κ3) is 2.68. The van der Waals surface area contributed by atoms with E-state index in [1.54, 1.807) is 0 Å². The van der Waals surface area contributed by atoms with Gasteiger partial charge in [-0.1, -0.05) is 22.9 Å². The van der Waals surface area contributed by atoms with Crippen LogP contribution in [0.3, 0.4) is 0 Å². The minimum atomic E-state index is 0.0201. The van der Waals surface area contributed by atoms with Gasteiger partial charge in [0.2, 0.25) is 0 Å². The normalized spacial score (nSPS) is 29.7. The standard InChI is InChI=1S/C16H22BrNO/c1-3-8-18-14-10-16(2,11-4-5-11)19-15-7-6-12(17)9-13(14)15/h6-7,9,11,14,18H,3-5,8,10H2,1-2H3. The summed E-state index contributed by atoms with van der Waals surface area (Å²) in [4.78, 5) is 0. The number of benzene rings is 1. The lowest BCUT2D eigenvalue weighted by atomic mass is 9.85. The average molecular weight is 324 g/mol. The number of hydrogen-bond donors (Lipinski definition) is 1. The molecular formula is C16H22BrNO. The van der Waals surface area contributed by atoms with Crippen LogP contribution in [-0.4, -0.2) is 12.1 Å². The van der Waals surface area contributed by atoms with Crippen LogP contribution in [-0.2, 0) is 0 Å². The summed E-state index contributed by atoms with van der Waals surface area (Å²) in [7, 11) is 0. The summed E-state index contributed by atoms with van der Waals surface area (Å²) in [6.45, 7) is 5.57. The van der Waals surface area contributed by atoms with E-state index in [9.17, 15) is 0 Å². The van der Waals surface area contributed by atoms with Crippen molar-refractivity contribution in [2.75, 3.05) is 6.54 Å². The Morgan fingerprint density at radius 1 is 1.42 bits per heavy atom. The van der Waals surface area contributed by atoms with E-state index in [-0.39, 0.29) is 5.60 Å². The highest BCUT2D eigenvalue weighted by molar-refractivity contribution is 9.10. The zero-order chi connectivity index (χ0) is 13.5. The number of fused-ring (bicyclic) bond motifs is 1. The molecule has 0 saturated heterocycles. The van der Waals surface area contributed by atoms with Gasteiger partial charge in [-0.3, -0.25) is 0 Å². The zero-order valence-corrected chi connectivity index (χ0v) is 13.3. The molecule has 2 nitrogen and oxygen atoms in total. The molecule has 1 saturated carbocycles. The molecule has 0 radical (unpaired) electrons. The lowest BCUT2D eigenvalue weighted by Crippen LogP contribution is -2.43. The zero-order valence-electron chi connectivity index (χ0n) is 11.7. The lowest BCUT2D eigenvalue weighted by Gasteiger charge is -2.41. The predicted octanol–water partition coefficient (Wildman–Crippen LogP) is 4.44. The number of nitrogens with one attached hydrogen (secondary N) is 1. The molecule has 0 bridgehead atoms. The summed E-state index contributed by atoms with van der Waals surface area (Å²) >= 11 is 3.57. The minimum absolute atomic E-state index is 0.0201. The topological polar surface area (TPSA) is 21.3 Å². The largest absolute Gasteiger partial charge is 0.487 e. The lowest BCUT2D eigenvalue weighted by molar-refractivity contribution is 0.0269.